The van der Waals surface area contributed by atoms with E-state index in [1.807, 2.05) is 22.4 Å². The third-order valence-electron chi connectivity index (χ3n) is 4.79. The Balaban J connectivity index is 1.61. The first-order valence-corrected chi connectivity index (χ1v) is 11.7. The van der Waals surface area contributed by atoms with Crippen molar-refractivity contribution < 1.29 is 17.6 Å². The second-order valence-electron chi connectivity index (χ2n) is 6.64. The summed E-state index contributed by atoms with van der Waals surface area (Å²) in [6, 6.07) is 9.63. The molecule has 1 unspecified atom stereocenters. The quantitative estimate of drug-likeness (QED) is 0.737. The molecule has 2 heterocycles. The van der Waals surface area contributed by atoms with Gasteiger partial charge in [-0.05, 0) is 36.1 Å². The van der Waals surface area contributed by atoms with E-state index in [2.05, 4.69) is 5.32 Å². The number of nitrogens with zero attached hydrogens (tertiary/aromatic N) is 2. The van der Waals surface area contributed by atoms with Gasteiger partial charge in [0.2, 0.25) is 15.9 Å². The van der Waals surface area contributed by atoms with E-state index >= 15 is 0 Å². The van der Waals surface area contributed by atoms with E-state index in [1.165, 1.54) is 27.8 Å². The number of rotatable bonds is 7. The maximum absolute atomic E-state index is 13.3. The molecule has 28 heavy (non-hydrogen) atoms. The highest BCUT2D eigenvalue weighted by atomic mass is 32.2. The third-order valence-corrected chi connectivity index (χ3v) is 7.61. The van der Waals surface area contributed by atoms with Crippen molar-refractivity contribution in [1.29, 1.82) is 0 Å². The van der Waals surface area contributed by atoms with E-state index in [0.717, 1.165) is 10.4 Å². The normalized spacial score (nSPS) is 17.4. The number of hydrogen-bond donors (Lipinski definition) is 1. The van der Waals surface area contributed by atoms with Crippen molar-refractivity contribution in [2.24, 2.45) is 0 Å². The molecule has 0 bridgehead atoms. The molecule has 0 radical (unpaired) electrons. The number of amides is 1. The zero-order valence-corrected chi connectivity index (χ0v) is 17.3. The smallest absolute Gasteiger partial charge is 0.234 e. The molecule has 1 aliphatic heterocycles. The largest absolute Gasteiger partial charge is 0.343 e. The molecule has 1 saturated heterocycles. The second-order valence-corrected chi connectivity index (χ2v) is 9.88. The summed E-state index contributed by atoms with van der Waals surface area (Å²) in [5.74, 6) is -0.373. The van der Waals surface area contributed by atoms with Gasteiger partial charge in [-0.3, -0.25) is 9.69 Å². The molecule has 1 fully saturated rings. The highest BCUT2D eigenvalue weighted by Crippen LogP contribution is 2.26. The molecular formula is C19H24FN3O3S2. The van der Waals surface area contributed by atoms with Crippen molar-refractivity contribution >= 4 is 27.3 Å². The minimum Gasteiger partial charge on any atom is -0.343 e. The highest BCUT2D eigenvalue weighted by Gasteiger charge is 2.27. The Bertz CT molecular complexity index is 878. The maximum atomic E-state index is 13.3. The molecule has 152 valence electrons. The van der Waals surface area contributed by atoms with Gasteiger partial charge in [-0.2, -0.15) is 4.31 Å². The maximum Gasteiger partial charge on any atom is 0.234 e. The van der Waals surface area contributed by atoms with Gasteiger partial charge in [0.1, 0.15) is 5.82 Å². The highest BCUT2D eigenvalue weighted by molar-refractivity contribution is 7.89. The van der Waals surface area contributed by atoms with Crippen molar-refractivity contribution in [3.05, 3.63) is 58.0 Å². The zero-order chi connectivity index (χ0) is 20.1. The monoisotopic (exact) mass is 425 g/mol. The summed E-state index contributed by atoms with van der Waals surface area (Å²) in [6.07, 6.45) is 0. The van der Waals surface area contributed by atoms with Crippen molar-refractivity contribution in [3.8, 4) is 0 Å². The van der Waals surface area contributed by atoms with Crippen molar-refractivity contribution in [1.82, 2.24) is 14.5 Å². The predicted octanol–water partition coefficient (Wildman–Crippen LogP) is 2.06. The van der Waals surface area contributed by atoms with Crippen molar-refractivity contribution in [2.75, 3.05) is 38.5 Å². The summed E-state index contributed by atoms with van der Waals surface area (Å²) in [5.41, 5.74) is 0.816. The Kier molecular flexibility index (Phi) is 6.82. The number of benzene rings is 1. The average Bonchev–Trinajstić information content (AvgIpc) is 3.22. The van der Waals surface area contributed by atoms with E-state index in [1.54, 1.807) is 19.1 Å². The molecule has 1 atom stereocenters. The molecule has 9 heteroatoms. The molecule has 1 aliphatic rings. The number of carbonyl (C=O) groups is 1. The number of halogens is 1. The molecule has 0 aliphatic carbocycles. The van der Waals surface area contributed by atoms with Crippen LogP contribution in [-0.2, 0) is 14.8 Å². The number of sulfonamides is 1. The number of nitrogens with one attached hydrogen (secondary N) is 1. The first-order valence-electron chi connectivity index (χ1n) is 9.17. The van der Waals surface area contributed by atoms with Gasteiger partial charge in [-0.15, -0.1) is 11.3 Å². The van der Waals surface area contributed by atoms with Gasteiger partial charge in [0.25, 0.3) is 0 Å². The van der Waals surface area contributed by atoms with E-state index in [4.69, 9.17) is 0 Å². The van der Waals surface area contributed by atoms with Gasteiger partial charge in [-0.25, -0.2) is 12.8 Å². The van der Waals surface area contributed by atoms with Crippen molar-refractivity contribution in [3.63, 3.8) is 0 Å². The van der Waals surface area contributed by atoms with E-state index < -0.39 is 10.0 Å². The van der Waals surface area contributed by atoms with Crippen molar-refractivity contribution in [2.45, 2.75) is 13.0 Å². The summed E-state index contributed by atoms with van der Waals surface area (Å²) in [6.45, 7) is 3.67. The fourth-order valence-corrected chi connectivity index (χ4v) is 5.07. The molecule has 3 rings (SSSR count). The molecular weight excluding hydrogens is 401 g/mol. The van der Waals surface area contributed by atoms with Crippen LogP contribution in [0.1, 0.15) is 23.4 Å². The van der Waals surface area contributed by atoms with Crippen LogP contribution in [0.2, 0.25) is 0 Å². The van der Waals surface area contributed by atoms with E-state index in [-0.39, 0.29) is 30.1 Å². The van der Waals surface area contributed by atoms with Crippen LogP contribution in [0.4, 0.5) is 4.39 Å². The van der Waals surface area contributed by atoms with Gasteiger partial charge in [-0.1, -0.05) is 18.2 Å². The Hall–Kier alpha value is -1.81. The molecule has 1 N–H and O–H groups in total. The van der Waals surface area contributed by atoms with Gasteiger partial charge in [0.15, 0.2) is 0 Å². The van der Waals surface area contributed by atoms with Gasteiger partial charge in [0.05, 0.1) is 18.3 Å². The Morgan fingerprint density at radius 1 is 1.18 bits per heavy atom. The van der Waals surface area contributed by atoms with Gasteiger partial charge >= 0.3 is 0 Å². The fraction of sp³-hybridized carbons (Fsp3) is 0.421. The van der Waals surface area contributed by atoms with Crippen LogP contribution in [-0.4, -0.2) is 62.0 Å². The fourth-order valence-electron chi connectivity index (χ4n) is 3.19. The molecule has 0 spiro atoms. The lowest BCUT2D eigenvalue weighted by molar-refractivity contribution is -0.123. The van der Waals surface area contributed by atoms with Crippen LogP contribution in [0.5, 0.6) is 0 Å². The molecule has 1 amide bonds. The lowest BCUT2D eigenvalue weighted by Gasteiger charge is -2.33. The minimum absolute atomic E-state index is 0.0909. The van der Waals surface area contributed by atoms with Crippen LogP contribution >= 0.6 is 11.3 Å². The summed E-state index contributed by atoms with van der Waals surface area (Å²) in [5, 5.41) is 4.97. The summed E-state index contributed by atoms with van der Waals surface area (Å²) in [4.78, 5) is 15.6. The minimum atomic E-state index is -3.18. The SMILES string of the molecule is CCS(=O)(=O)N1CCN(CC(=O)NC(c2ccc(F)cc2)c2cccs2)CC1. The molecule has 1 aromatic heterocycles. The molecule has 1 aromatic carbocycles. The second kappa shape index (κ2) is 9.13. The van der Waals surface area contributed by atoms with Crippen LogP contribution in [0.3, 0.4) is 0 Å². The van der Waals surface area contributed by atoms with Crippen LogP contribution in [0.25, 0.3) is 0 Å². The number of hydrogen-bond acceptors (Lipinski definition) is 5. The summed E-state index contributed by atoms with van der Waals surface area (Å²) in [7, 11) is -3.18. The summed E-state index contributed by atoms with van der Waals surface area (Å²) >= 11 is 1.53. The molecule has 0 saturated carbocycles. The number of carbonyl (C=O) groups excluding carboxylic acids is 1. The van der Waals surface area contributed by atoms with Gasteiger partial charge in [0, 0.05) is 31.1 Å². The van der Waals surface area contributed by atoms with Gasteiger partial charge < -0.3 is 5.32 Å². The number of thiophene rings is 1. The lowest BCUT2D eigenvalue weighted by Crippen LogP contribution is -2.51. The molecule has 2 aromatic rings. The van der Waals surface area contributed by atoms with E-state index in [9.17, 15) is 17.6 Å². The zero-order valence-electron chi connectivity index (χ0n) is 15.7. The average molecular weight is 426 g/mol. The Morgan fingerprint density at radius 2 is 1.86 bits per heavy atom. The third kappa shape index (κ3) is 5.16. The lowest BCUT2D eigenvalue weighted by atomic mass is 10.1. The van der Waals surface area contributed by atoms with Crippen LogP contribution < -0.4 is 5.32 Å². The van der Waals surface area contributed by atoms with Crippen LogP contribution in [0.15, 0.2) is 41.8 Å². The van der Waals surface area contributed by atoms with E-state index in [0.29, 0.717) is 26.2 Å². The standard InChI is InChI=1S/C19H24FN3O3S2/c1-2-28(25,26)23-11-9-22(10-12-23)14-18(24)21-19(17-4-3-13-27-17)15-5-7-16(20)8-6-15/h3-8,13,19H,2,9-12,14H2,1H3,(H,21,24). The number of piperazine rings is 1. The first-order chi connectivity index (χ1) is 13.4. The summed E-state index contributed by atoms with van der Waals surface area (Å²) < 4.78 is 38.6. The topological polar surface area (TPSA) is 69.7 Å². The first kappa shape index (κ1) is 20.9. The Morgan fingerprint density at radius 3 is 2.43 bits per heavy atom. The predicted molar refractivity (Wildman–Crippen MR) is 108 cm³/mol. The molecule has 6 nitrogen and oxygen atoms in total. The Labute approximate surface area is 169 Å². The van der Waals surface area contributed by atoms with Crippen LogP contribution in [0, 0.1) is 5.82 Å².